The van der Waals surface area contributed by atoms with E-state index in [1.165, 1.54) is 29.2 Å². The highest BCUT2D eigenvalue weighted by Crippen LogP contribution is 2.28. The molecule has 220 valence electrons. The Labute approximate surface area is 243 Å². The molecule has 3 aromatic rings. The number of carbonyl (C=O) groups excluding carboxylic acids is 2. The molecule has 0 saturated heterocycles. The third kappa shape index (κ3) is 7.94. The van der Waals surface area contributed by atoms with Crippen molar-refractivity contribution in [1.29, 1.82) is 0 Å². The maximum atomic E-state index is 14.1. The lowest BCUT2D eigenvalue weighted by Crippen LogP contribution is -2.53. The molecule has 0 radical (unpaired) electrons. The summed E-state index contributed by atoms with van der Waals surface area (Å²) in [7, 11) is -4.15. The SMILES string of the molecule is CC[C@@H](C)NC(=O)[C@@H](CC)N(Cc1ccc(F)cc1)C(=O)CN(c1ccc(C)cc1C)S(=O)(=O)c1ccc(C)cc1. The zero-order chi connectivity index (χ0) is 30.3. The summed E-state index contributed by atoms with van der Waals surface area (Å²) >= 11 is 0. The lowest BCUT2D eigenvalue weighted by Gasteiger charge is -2.34. The molecule has 0 aliphatic carbocycles. The minimum atomic E-state index is -4.15. The fourth-order valence-corrected chi connectivity index (χ4v) is 6.06. The molecular weight excluding hydrogens is 541 g/mol. The molecule has 0 aromatic heterocycles. The highest BCUT2D eigenvalue weighted by atomic mass is 32.2. The predicted octanol–water partition coefficient (Wildman–Crippen LogP) is 5.67. The fraction of sp³-hybridized carbons (Fsp3) is 0.375. The Morgan fingerprint density at radius 3 is 2.05 bits per heavy atom. The van der Waals surface area contributed by atoms with Gasteiger partial charge < -0.3 is 10.2 Å². The second-order valence-corrected chi connectivity index (χ2v) is 12.4. The van der Waals surface area contributed by atoms with Crippen LogP contribution < -0.4 is 9.62 Å². The number of carbonyl (C=O) groups is 2. The van der Waals surface area contributed by atoms with Gasteiger partial charge in [0.05, 0.1) is 10.6 Å². The van der Waals surface area contributed by atoms with Gasteiger partial charge in [0, 0.05) is 12.6 Å². The van der Waals surface area contributed by atoms with Crippen LogP contribution in [-0.2, 0) is 26.2 Å². The van der Waals surface area contributed by atoms with Crippen molar-refractivity contribution in [2.24, 2.45) is 0 Å². The van der Waals surface area contributed by atoms with E-state index in [9.17, 15) is 22.4 Å². The number of sulfonamides is 1. The number of benzene rings is 3. The Morgan fingerprint density at radius 2 is 1.49 bits per heavy atom. The minimum absolute atomic E-state index is 0.0108. The van der Waals surface area contributed by atoms with Gasteiger partial charge in [0.1, 0.15) is 18.4 Å². The van der Waals surface area contributed by atoms with Crippen molar-refractivity contribution < 1.29 is 22.4 Å². The van der Waals surface area contributed by atoms with Crippen LogP contribution >= 0.6 is 0 Å². The minimum Gasteiger partial charge on any atom is -0.352 e. The van der Waals surface area contributed by atoms with Gasteiger partial charge in [0.2, 0.25) is 11.8 Å². The standard InChI is InChI=1S/C32H40FN3O4S/c1-7-25(6)34-32(38)29(8-2)35(20-26-12-14-27(33)15-13-26)31(37)21-36(30-18-11-23(4)19-24(30)5)41(39,40)28-16-9-22(3)10-17-28/h9-19,25,29H,7-8,20-21H2,1-6H3,(H,34,38)/t25-,29-/m1/s1. The van der Waals surface area contributed by atoms with Crippen molar-refractivity contribution in [3.8, 4) is 0 Å². The quantitative estimate of drug-likeness (QED) is 0.299. The number of hydrogen-bond donors (Lipinski definition) is 1. The molecular formula is C32H40FN3O4S. The third-order valence-electron chi connectivity index (χ3n) is 7.16. The van der Waals surface area contributed by atoms with Crippen molar-refractivity contribution in [3.05, 3.63) is 94.8 Å². The second kappa shape index (κ2) is 13.8. The van der Waals surface area contributed by atoms with Gasteiger partial charge in [0.25, 0.3) is 10.0 Å². The molecule has 0 fully saturated rings. The van der Waals surface area contributed by atoms with Crippen LogP contribution in [0.4, 0.5) is 10.1 Å². The van der Waals surface area contributed by atoms with Crippen LogP contribution in [0.15, 0.2) is 71.6 Å². The summed E-state index contributed by atoms with van der Waals surface area (Å²) in [6.45, 7) is 10.7. The van der Waals surface area contributed by atoms with Gasteiger partial charge in [-0.05, 0) is 82.0 Å². The summed E-state index contributed by atoms with van der Waals surface area (Å²) in [6, 6.07) is 16.6. The molecule has 2 atom stereocenters. The largest absolute Gasteiger partial charge is 0.352 e. The molecule has 3 rings (SSSR count). The van der Waals surface area contributed by atoms with Crippen molar-refractivity contribution in [2.75, 3.05) is 10.8 Å². The van der Waals surface area contributed by atoms with E-state index in [1.54, 1.807) is 50.2 Å². The van der Waals surface area contributed by atoms with Crippen LogP contribution in [0, 0.1) is 26.6 Å². The molecule has 0 aliphatic rings. The number of anilines is 1. The fourth-order valence-electron chi connectivity index (χ4n) is 4.58. The molecule has 1 N–H and O–H groups in total. The number of aryl methyl sites for hydroxylation is 3. The zero-order valence-electron chi connectivity index (χ0n) is 24.6. The average Bonchev–Trinajstić information content (AvgIpc) is 2.93. The summed E-state index contributed by atoms with van der Waals surface area (Å²) in [6.07, 6.45) is 1.02. The molecule has 0 unspecified atom stereocenters. The summed E-state index contributed by atoms with van der Waals surface area (Å²) in [4.78, 5) is 28.9. The molecule has 3 aromatic carbocycles. The van der Waals surface area contributed by atoms with E-state index in [2.05, 4.69) is 5.32 Å². The summed E-state index contributed by atoms with van der Waals surface area (Å²) in [5.74, 6) is -1.29. The van der Waals surface area contributed by atoms with Crippen molar-refractivity contribution in [3.63, 3.8) is 0 Å². The monoisotopic (exact) mass is 581 g/mol. The van der Waals surface area contributed by atoms with Gasteiger partial charge in [-0.15, -0.1) is 0 Å². The zero-order valence-corrected chi connectivity index (χ0v) is 25.5. The Kier molecular flexibility index (Phi) is 10.7. The van der Waals surface area contributed by atoms with Gasteiger partial charge in [-0.25, -0.2) is 12.8 Å². The van der Waals surface area contributed by atoms with Gasteiger partial charge in [0.15, 0.2) is 0 Å². The normalized spacial score (nSPS) is 12.9. The van der Waals surface area contributed by atoms with Gasteiger partial charge in [-0.1, -0.05) is 61.4 Å². The number of rotatable bonds is 12. The molecule has 9 heteroatoms. The summed E-state index contributed by atoms with van der Waals surface area (Å²) in [5.41, 5.74) is 3.55. The first-order chi connectivity index (χ1) is 19.4. The Hall–Kier alpha value is -3.72. The lowest BCUT2D eigenvalue weighted by molar-refractivity contribution is -0.140. The number of amides is 2. The van der Waals surface area contributed by atoms with Gasteiger partial charge in [-0.3, -0.25) is 13.9 Å². The molecule has 41 heavy (non-hydrogen) atoms. The average molecular weight is 582 g/mol. The van der Waals surface area contributed by atoms with Crippen molar-refractivity contribution >= 4 is 27.5 Å². The molecule has 0 saturated carbocycles. The van der Waals surface area contributed by atoms with Crippen molar-refractivity contribution in [1.82, 2.24) is 10.2 Å². The van der Waals surface area contributed by atoms with Gasteiger partial charge >= 0.3 is 0 Å². The Balaban J connectivity index is 2.09. The van der Waals surface area contributed by atoms with Gasteiger partial charge in [-0.2, -0.15) is 0 Å². The smallest absolute Gasteiger partial charge is 0.264 e. The summed E-state index contributed by atoms with van der Waals surface area (Å²) < 4.78 is 42.8. The van der Waals surface area contributed by atoms with E-state index in [1.807, 2.05) is 33.8 Å². The maximum absolute atomic E-state index is 14.1. The molecule has 0 bridgehead atoms. The molecule has 2 amide bonds. The van der Waals surface area contributed by atoms with E-state index in [4.69, 9.17) is 0 Å². The molecule has 7 nitrogen and oxygen atoms in total. The lowest BCUT2D eigenvalue weighted by atomic mass is 10.1. The summed E-state index contributed by atoms with van der Waals surface area (Å²) in [5, 5.41) is 2.95. The predicted molar refractivity (Wildman–Crippen MR) is 161 cm³/mol. The number of halogens is 1. The molecule has 0 spiro atoms. The molecule has 0 heterocycles. The number of nitrogens with one attached hydrogen (secondary N) is 1. The van der Waals surface area contributed by atoms with E-state index < -0.39 is 34.3 Å². The van der Waals surface area contributed by atoms with E-state index in [0.29, 0.717) is 29.7 Å². The third-order valence-corrected chi connectivity index (χ3v) is 8.94. The number of hydrogen-bond acceptors (Lipinski definition) is 4. The number of nitrogens with zero attached hydrogens (tertiary/aromatic N) is 2. The van der Waals surface area contributed by atoms with Crippen LogP contribution in [0.2, 0.25) is 0 Å². The first-order valence-corrected chi connectivity index (χ1v) is 15.3. The Morgan fingerprint density at radius 1 is 0.878 bits per heavy atom. The van der Waals surface area contributed by atoms with Crippen LogP contribution in [0.25, 0.3) is 0 Å². The maximum Gasteiger partial charge on any atom is 0.264 e. The van der Waals surface area contributed by atoms with E-state index in [-0.39, 0.29) is 23.4 Å². The second-order valence-electron chi connectivity index (χ2n) is 10.5. The topological polar surface area (TPSA) is 86.8 Å². The van der Waals surface area contributed by atoms with Crippen LogP contribution in [0.5, 0.6) is 0 Å². The first kappa shape index (κ1) is 31.8. The van der Waals surface area contributed by atoms with Crippen LogP contribution in [0.1, 0.15) is 55.9 Å². The molecule has 0 aliphatic heterocycles. The highest BCUT2D eigenvalue weighted by molar-refractivity contribution is 7.92. The Bertz CT molecular complexity index is 1460. The first-order valence-electron chi connectivity index (χ1n) is 13.9. The van der Waals surface area contributed by atoms with Crippen molar-refractivity contribution in [2.45, 2.75) is 77.9 Å². The van der Waals surface area contributed by atoms with Crippen LogP contribution in [0.3, 0.4) is 0 Å². The van der Waals surface area contributed by atoms with Crippen LogP contribution in [-0.4, -0.2) is 43.8 Å². The van der Waals surface area contributed by atoms with E-state index >= 15 is 0 Å². The highest BCUT2D eigenvalue weighted by Gasteiger charge is 2.34. The van der Waals surface area contributed by atoms with E-state index in [0.717, 1.165) is 15.4 Å².